The van der Waals surface area contributed by atoms with E-state index in [2.05, 4.69) is 25.0 Å². The Balaban J connectivity index is 1.51. The molecule has 0 unspecified atom stereocenters. The van der Waals surface area contributed by atoms with Gasteiger partial charge in [-0.25, -0.2) is 15.0 Å². The Bertz CT molecular complexity index is 953. The summed E-state index contributed by atoms with van der Waals surface area (Å²) < 4.78 is 3.49. The highest BCUT2D eigenvalue weighted by molar-refractivity contribution is 5.87. The van der Waals surface area contributed by atoms with Gasteiger partial charge in [0.1, 0.15) is 11.6 Å². The van der Waals surface area contributed by atoms with Crippen LogP contribution in [-0.2, 0) is 13.6 Å². The standard InChI is InChI=1S/C17H21N7O/c1-12-20-16-14(9-19-22(16)2)17(21-12)23-7-4-13(5-8-23)10-24-11-18-6-3-15(24)25/h3,6,9,11,13H,4-5,7-8,10H2,1-2H3. The topological polar surface area (TPSA) is 81.7 Å². The second-order valence-electron chi connectivity index (χ2n) is 6.60. The minimum absolute atomic E-state index is 0.0147. The zero-order valence-corrected chi connectivity index (χ0v) is 14.5. The lowest BCUT2D eigenvalue weighted by atomic mass is 9.96. The third kappa shape index (κ3) is 2.99. The van der Waals surface area contributed by atoms with Gasteiger partial charge >= 0.3 is 0 Å². The van der Waals surface area contributed by atoms with Gasteiger partial charge in [0.15, 0.2) is 5.65 Å². The summed E-state index contributed by atoms with van der Waals surface area (Å²) in [7, 11) is 1.90. The third-order valence-corrected chi connectivity index (χ3v) is 4.85. The smallest absolute Gasteiger partial charge is 0.253 e. The summed E-state index contributed by atoms with van der Waals surface area (Å²) in [4.78, 5) is 27.4. The Morgan fingerprint density at radius 3 is 2.80 bits per heavy atom. The zero-order valence-electron chi connectivity index (χ0n) is 14.5. The van der Waals surface area contributed by atoms with Gasteiger partial charge in [0.2, 0.25) is 0 Å². The molecule has 8 nitrogen and oxygen atoms in total. The van der Waals surface area contributed by atoms with Crippen molar-refractivity contribution in [2.45, 2.75) is 26.3 Å². The van der Waals surface area contributed by atoms with Gasteiger partial charge in [0.05, 0.1) is 17.9 Å². The lowest BCUT2D eigenvalue weighted by Crippen LogP contribution is -2.37. The van der Waals surface area contributed by atoms with Crippen LogP contribution >= 0.6 is 0 Å². The van der Waals surface area contributed by atoms with Crippen molar-refractivity contribution in [1.29, 1.82) is 0 Å². The molecule has 0 aliphatic carbocycles. The first-order valence-corrected chi connectivity index (χ1v) is 8.53. The summed E-state index contributed by atoms with van der Waals surface area (Å²) in [5.41, 5.74) is 0.882. The number of nitrogens with zero attached hydrogens (tertiary/aromatic N) is 7. The van der Waals surface area contributed by atoms with Gasteiger partial charge in [-0.2, -0.15) is 5.10 Å². The predicted molar refractivity (Wildman–Crippen MR) is 94.5 cm³/mol. The molecule has 1 fully saturated rings. The molecule has 4 rings (SSSR count). The number of hydrogen-bond donors (Lipinski definition) is 0. The molecule has 0 spiro atoms. The lowest BCUT2D eigenvalue weighted by Gasteiger charge is -2.33. The molecule has 0 aromatic carbocycles. The Hall–Kier alpha value is -2.77. The Kier molecular flexibility index (Phi) is 3.95. The zero-order chi connectivity index (χ0) is 17.4. The first-order chi connectivity index (χ1) is 12.1. The minimum atomic E-state index is 0.0147. The molecule has 130 valence electrons. The minimum Gasteiger partial charge on any atom is -0.356 e. The summed E-state index contributed by atoms with van der Waals surface area (Å²) in [5, 5.41) is 5.31. The van der Waals surface area contributed by atoms with Crippen LogP contribution in [0.2, 0.25) is 0 Å². The molecule has 1 aliphatic rings. The molecule has 0 atom stereocenters. The fourth-order valence-corrected chi connectivity index (χ4v) is 3.48. The van der Waals surface area contributed by atoms with Crippen LogP contribution in [0.4, 0.5) is 5.82 Å². The number of aryl methyl sites for hydroxylation is 2. The predicted octanol–water partition coefficient (Wildman–Crippen LogP) is 1.15. The van der Waals surface area contributed by atoms with Crippen molar-refractivity contribution in [3.63, 3.8) is 0 Å². The average Bonchev–Trinajstić information content (AvgIpc) is 2.98. The lowest BCUT2D eigenvalue weighted by molar-refractivity contribution is 0.350. The van der Waals surface area contributed by atoms with E-state index in [1.54, 1.807) is 15.6 Å². The van der Waals surface area contributed by atoms with Crippen LogP contribution < -0.4 is 10.5 Å². The normalized spacial score (nSPS) is 15.8. The maximum Gasteiger partial charge on any atom is 0.253 e. The third-order valence-electron chi connectivity index (χ3n) is 4.85. The number of hydrogen-bond acceptors (Lipinski definition) is 6. The number of fused-ring (bicyclic) bond motifs is 1. The van der Waals surface area contributed by atoms with Gasteiger partial charge in [0.25, 0.3) is 5.56 Å². The molecule has 0 amide bonds. The van der Waals surface area contributed by atoms with Crippen molar-refractivity contribution in [3.05, 3.63) is 41.0 Å². The number of anilines is 1. The van der Waals surface area contributed by atoms with E-state index in [-0.39, 0.29) is 5.56 Å². The number of piperidine rings is 1. The molecule has 3 aromatic rings. The first-order valence-electron chi connectivity index (χ1n) is 8.53. The number of aromatic nitrogens is 6. The Morgan fingerprint density at radius 1 is 1.24 bits per heavy atom. The van der Waals surface area contributed by atoms with Crippen molar-refractivity contribution >= 4 is 16.9 Å². The van der Waals surface area contributed by atoms with Crippen LogP contribution in [0.1, 0.15) is 18.7 Å². The van der Waals surface area contributed by atoms with Crippen molar-refractivity contribution < 1.29 is 0 Å². The molecule has 0 radical (unpaired) electrons. The molecule has 3 aromatic heterocycles. The van der Waals surface area contributed by atoms with Crippen molar-refractivity contribution in [2.24, 2.45) is 13.0 Å². The van der Waals surface area contributed by atoms with E-state index in [1.165, 1.54) is 12.3 Å². The summed E-state index contributed by atoms with van der Waals surface area (Å²) in [6, 6.07) is 1.51. The molecule has 25 heavy (non-hydrogen) atoms. The largest absolute Gasteiger partial charge is 0.356 e. The average molecular weight is 339 g/mol. The molecule has 1 aliphatic heterocycles. The highest BCUT2D eigenvalue weighted by Crippen LogP contribution is 2.28. The maximum atomic E-state index is 11.9. The van der Waals surface area contributed by atoms with Crippen molar-refractivity contribution in [1.82, 2.24) is 29.3 Å². The maximum absolute atomic E-state index is 11.9. The first kappa shape index (κ1) is 15.7. The van der Waals surface area contributed by atoms with Crippen LogP contribution in [0.25, 0.3) is 11.0 Å². The van der Waals surface area contributed by atoms with Crippen LogP contribution in [-0.4, -0.2) is 42.4 Å². The fraction of sp³-hybridized carbons (Fsp3) is 0.471. The van der Waals surface area contributed by atoms with Crippen molar-refractivity contribution in [3.8, 4) is 0 Å². The summed E-state index contributed by atoms with van der Waals surface area (Å²) in [6.45, 7) is 4.48. The van der Waals surface area contributed by atoms with Gasteiger partial charge in [-0.1, -0.05) is 0 Å². The molecule has 0 saturated carbocycles. The van der Waals surface area contributed by atoms with E-state index in [0.29, 0.717) is 5.92 Å². The van der Waals surface area contributed by atoms with Gasteiger partial charge < -0.3 is 4.90 Å². The molecular formula is C17H21N7O. The van der Waals surface area contributed by atoms with Crippen LogP contribution in [0.3, 0.4) is 0 Å². The van der Waals surface area contributed by atoms with E-state index < -0.39 is 0 Å². The Morgan fingerprint density at radius 2 is 2.04 bits per heavy atom. The number of rotatable bonds is 3. The molecule has 8 heteroatoms. The summed E-state index contributed by atoms with van der Waals surface area (Å²) in [6.07, 6.45) is 7.05. The van der Waals surface area contributed by atoms with Gasteiger partial charge in [-0.3, -0.25) is 14.0 Å². The molecule has 0 bridgehead atoms. The van der Waals surface area contributed by atoms with Crippen LogP contribution in [0, 0.1) is 12.8 Å². The van der Waals surface area contributed by atoms with E-state index in [0.717, 1.165) is 55.2 Å². The van der Waals surface area contributed by atoms with Gasteiger partial charge in [-0.15, -0.1) is 0 Å². The van der Waals surface area contributed by atoms with Gasteiger partial charge in [0, 0.05) is 38.9 Å². The summed E-state index contributed by atoms with van der Waals surface area (Å²) >= 11 is 0. The van der Waals surface area contributed by atoms with E-state index in [9.17, 15) is 4.79 Å². The highest BCUT2D eigenvalue weighted by Gasteiger charge is 2.23. The van der Waals surface area contributed by atoms with Crippen LogP contribution in [0.5, 0.6) is 0 Å². The summed E-state index contributed by atoms with van der Waals surface area (Å²) in [5.74, 6) is 2.20. The second kappa shape index (κ2) is 6.27. The SMILES string of the molecule is Cc1nc(N2CCC(Cn3cnccc3=O)CC2)c2cnn(C)c2n1. The van der Waals surface area contributed by atoms with E-state index in [1.807, 2.05) is 20.2 Å². The Labute approximate surface area is 145 Å². The van der Waals surface area contributed by atoms with E-state index >= 15 is 0 Å². The molecular weight excluding hydrogens is 318 g/mol. The van der Waals surface area contributed by atoms with E-state index in [4.69, 9.17) is 0 Å². The van der Waals surface area contributed by atoms with Crippen molar-refractivity contribution in [2.75, 3.05) is 18.0 Å². The van der Waals surface area contributed by atoms with Crippen LogP contribution in [0.15, 0.2) is 29.6 Å². The van der Waals surface area contributed by atoms with Gasteiger partial charge in [-0.05, 0) is 25.7 Å². The highest BCUT2D eigenvalue weighted by atomic mass is 16.1. The molecule has 1 saturated heterocycles. The quantitative estimate of drug-likeness (QED) is 0.712. The monoisotopic (exact) mass is 339 g/mol. The molecule has 0 N–H and O–H groups in total. The molecule has 4 heterocycles. The fourth-order valence-electron chi connectivity index (χ4n) is 3.48. The second-order valence-corrected chi connectivity index (χ2v) is 6.60.